The van der Waals surface area contributed by atoms with Gasteiger partial charge in [-0.05, 0) is 25.7 Å². The van der Waals surface area contributed by atoms with Crippen molar-refractivity contribution < 1.29 is 9.84 Å². The summed E-state index contributed by atoms with van der Waals surface area (Å²) >= 11 is 0. The molecule has 5 heteroatoms. The largest absolute Gasteiger partial charge is 0.394 e. The number of aliphatic hydroxyl groups excluding tert-OH is 1. The highest BCUT2D eigenvalue weighted by atomic mass is 16.5. The van der Waals surface area contributed by atoms with Gasteiger partial charge in [-0.15, -0.1) is 0 Å². The Balaban J connectivity index is 3.56. The van der Waals surface area contributed by atoms with Gasteiger partial charge in [-0.3, -0.25) is 4.99 Å². The van der Waals surface area contributed by atoms with Gasteiger partial charge in [0.25, 0.3) is 0 Å². The second-order valence-electron chi connectivity index (χ2n) is 5.33. The molecule has 0 heterocycles. The molecule has 1 atom stereocenters. The fourth-order valence-electron chi connectivity index (χ4n) is 1.74. The van der Waals surface area contributed by atoms with Crippen molar-refractivity contribution in [3.63, 3.8) is 0 Å². The third-order valence-electron chi connectivity index (χ3n) is 2.78. The molecular formula is C14H31N3O2. The second-order valence-corrected chi connectivity index (χ2v) is 5.33. The van der Waals surface area contributed by atoms with Crippen molar-refractivity contribution in [2.45, 2.75) is 52.5 Å². The van der Waals surface area contributed by atoms with E-state index in [-0.39, 0.29) is 6.61 Å². The number of nitrogens with two attached hydrogens (primary N) is 1. The summed E-state index contributed by atoms with van der Waals surface area (Å²) in [6.07, 6.45) is 4.41. The van der Waals surface area contributed by atoms with Crippen molar-refractivity contribution >= 4 is 5.96 Å². The van der Waals surface area contributed by atoms with E-state index < -0.39 is 0 Å². The molecular weight excluding hydrogens is 242 g/mol. The Kier molecular flexibility index (Phi) is 11.7. The second kappa shape index (κ2) is 12.2. The Labute approximate surface area is 117 Å². The standard InChI is InChI=1S/C14H31N3O2/c1-12(2)6-4-7-13(3)17-14(15)16-8-5-10-19-11-9-18/h12-13,18H,4-11H2,1-3H3,(H3,15,16,17). The number of aliphatic hydroxyl groups is 1. The summed E-state index contributed by atoms with van der Waals surface area (Å²) in [6.45, 7) is 8.35. The number of rotatable bonds is 11. The Morgan fingerprint density at radius 2 is 1.95 bits per heavy atom. The lowest BCUT2D eigenvalue weighted by Crippen LogP contribution is -2.38. The third-order valence-corrected chi connectivity index (χ3v) is 2.78. The summed E-state index contributed by atoms with van der Waals surface area (Å²) in [7, 11) is 0. The van der Waals surface area contributed by atoms with Crippen molar-refractivity contribution in [1.29, 1.82) is 0 Å². The highest BCUT2D eigenvalue weighted by molar-refractivity contribution is 5.78. The Morgan fingerprint density at radius 1 is 1.21 bits per heavy atom. The van der Waals surface area contributed by atoms with Crippen LogP contribution in [0.4, 0.5) is 0 Å². The molecule has 0 spiro atoms. The highest BCUT2D eigenvalue weighted by Gasteiger charge is 2.03. The monoisotopic (exact) mass is 273 g/mol. The van der Waals surface area contributed by atoms with Crippen LogP contribution in [0, 0.1) is 5.92 Å². The van der Waals surface area contributed by atoms with Gasteiger partial charge in [0.05, 0.1) is 13.2 Å². The first-order valence-corrected chi connectivity index (χ1v) is 7.31. The van der Waals surface area contributed by atoms with Crippen LogP contribution in [0.3, 0.4) is 0 Å². The van der Waals surface area contributed by atoms with Crippen LogP contribution < -0.4 is 11.1 Å². The van der Waals surface area contributed by atoms with E-state index in [2.05, 4.69) is 31.1 Å². The number of hydrogen-bond acceptors (Lipinski definition) is 3. The molecule has 0 saturated carbocycles. The third kappa shape index (κ3) is 13.4. The van der Waals surface area contributed by atoms with Gasteiger partial charge in [-0.2, -0.15) is 0 Å². The van der Waals surface area contributed by atoms with E-state index in [4.69, 9.17) is 15.6 Å². The zero-order valence-corrected chi connectivity index (χ0v) is 12.7. The summed E-state index contributed by atoms with van der Waals surface area (Å²) in [5.41, 5.74) is 5.81. The SMILES string of the molecule is CC(C)CCCC(C)NC(N)=NCCCOCCO. The first kappa shape index (κ1) is 18.2. The van der Waals surface area contributed by atoms with E-state index in [0.717, 1.165) is 18.8 Å². The summed E-state index contributed by atoms with van der Waals surface area (Å²) in [6, 6.07) is 0.369. The molecule has 0 saturated heterocycles. The van der Waals surface area contributed by atoms with Crippen LogP contribution in [0.2, 0.25) is 0 Å². The molecule has 0 aliphatic carbocycles. The summed E-state index contributed by atoms with van der Waals surface area (Å²) in [5, 5.41) is 11.7. The van der Waals surface area contributed by atoms with Gasteiger partial charge in [0.1, 0.15) is 0 Å². The summed E-state index contributed by atoms with van der Waals surface area (Å²) < 4.78 is 5.14. The number of ether oxygens (including phenoxy) is 1. The predicted molar refractivity (Wildman–Crippen MR) is 80.3 cm³/mol. The normalized spacial score (nSPS) is 13.8. The average Bonchev–Trinajstić information content (AvgIpc) is 2.33. The fraction of sp³-hybridized carbons (Fsp3) is 0.929. The molecule has 0 aromatic heterocycles. The van der Waals surface area contributed by atoms with Gasteiger partial charge in [0.2, 0.25) is 0 Å². The smallest absolute Gasteiger partial charge is 0.188 e. The van der Waals surface area contributed by atoms with Crippen LogP contribution in [0.15, 0.2) is 4.99 Å². The predicted octanol–water partition coefficient (Wildman–Crippen LogP) is 1.50. The van der Waals surface area contributed by atoms with Gasteiger partial charge >= 0.3 is 0 Å². The Hall–Kier alpha value is -0.810. The minimum atomic E-state index is 0.0703. The zero-order valence-electron chi connectivity index (χ0n) is 12.7. The van der Waals surface area contributed by atoms with Crippen LogP contribution in [-0.2, 0) is 4.74 Å². The molecule has 0 aromatic rings. The van der Waals surface area contributed by atoms with Crippen LogP contribution in [0.25, 0.3) is 0 Å². The quantitative estimate of drug-likeness (QED) is 0.303. The van der Waals surface area contributed by atoms with Gasteiger partial charge in [-0.25, -0.2) is 0 Å². The number of nitrogens with one attached hydrogen (secondary N) is 1. The van der Waals surface area contributed by atoms with Crippen molar-refractivity contribution in [2.75, 3.05) is 26.4 Å². The molecule has 0 aliphatic rings. The van der Waals surface area contributed by atoms with E-state index in [1.165, 1.54) is 12.8 Å². The minimum absolute atomic E-state index is 0.0703. The molecule has 1 unspecified atom stereocenters. The van der Waals surface area contributed by atoms with Crippen molar-refractivity contribution in [3.05, 3.63) is 0 Å². The van der Waals surface area contributed by atoms with Crippen LogP contribution in [-0.4, -0.2) is 43.5 Å². The van der Waals surface area contributed by atoms with E-state index in [9.17, 15) is 0 Å². The lowest BCUT2D eigenvalue weighted by atomic mass is 10.0. The van der Waals surface area contributed by atoms with Crippen molar-refractivity contribution in [1.82, 2.24) is 5.32 Å². The van der Waals surface area contributed by atoms with Crippen molar-refractivity contribution in [2.24, 2.45) is 16.6 Å². The number of hydrogen-bond donors (Lipinski definition) is 3. The maximum atomic E-state index is 8.53. The number of aliphatic imine (C=N–C) groups is 1. The van der Waals surface area contributed by atoms with Gasteiger partial charge in [0, 0.05) is 19.2 Å². The molecule has 0 rings (SSSR count). The van der Waals surface area contributed by atoms with Crippen LogP contribution in [0.5, 0.6) is 0 Å². The fourth-order valence-corrected chi connectivity index (χ4v) is 1.74. The van der Waals surface area contributed by atoms with Gasteiger partial charge < -0.3 is 20.9 Å². The van der Waals surface area contributed by atoms with Gasteiger partial charge in [0.15, 0.2) is 5.96 Å². The highest BCUT2D eigenvalue weighted by Crippen LogP contribution is 2.07. The lowest BCUT2D eigenvalue weighted by Gasteiger charge is -2.15. The van der Waals surface area contributed by atoms with E-state index in [0.29, 0.717) is 31.8 Å². The summed E-state index contributed by atoms with van der Waals surface area (Å²) in [5.74, 6) is 1.27. The molecule has 0 fully saturated rings. The maximum Gasteiger partial charge on any atom is 0.188 e. The van der Waals surface area contributed by atoms with E-state index >= 15 is 0 Å². The molecule has 0 bridgehead atoms. The summed E-state index contributed by atoms with van der Waals surface area (Å²) in [4.78, 5) is 4.25. The maximum absolute atomic E-state index is 8.53. The molecule has 0 amide bonds. The number of nitrogens with zero attached hydrogens (tertiary/aromatic N) is 1. The first-order chi connectivity index (χ1) is 9.06. The van der Waals surface area contributed by atoms with E-state index in [1.807, 2.05) is 0 Å². The molecule has 5 nitrogen and oxygen atoms in total. The molecule has 4 N–H and O–H groups in total. The molecule has 0 aromatic carbocycles. The van der Waals surface area contributed by atoms with Crippen LogP contribution in [0.1, 0.15) is 46.5 Å². The lowest BCUT2D eigenvalue weighted by molar-refractivity contribution is 0.0918. The van der Waals surface area contributed by atoms with Gasteiger partial charge in [-0.1, -0.05) is 26.7 Å². The Bertz CT molecular complexity index is 233. The number of guanidine groups is 1. The molecule has 0 radical (unpaired) electrons. The molecule has 19 heavy (non-hydrogen) atoms. The molecule has 114 valence electrons. The molecule has 0 aliphatic heterocycles. The average molecular weight is 273 g/mol. The van der Waals surface area contributed by atoms with E-state index in [1.54, 1.807) is 0 Å². The Morgan fingerprint density at radius 3 is 2.58 bits per heavy atom. The minimum Gasteiger partial charge on any atom is -0.394 e. The topological polar surface area (TPSA) is 79.9 Å². The zero-order chi connectivity index (χ0) is 14.5. The van der Waals surface area contributed by atoms with Crippen LogP contribution >= 0.6 is 0 Å². The van der Waals surface area contributed by atoms with Crippen molar-refractivity contribution in [3.8, 4) is 0 Å². The first-order valence-electron chi connectivity index (χ1n) is 7.31.